The van der Waals surface area contributed by atoms with Gasteiger partial charge in [-0.25, -0.2) is 0 Å². The van der Waals surface area contributed by atoms with E-state index in [4.69, 9.17) is 14.2 Å². The molecular formula is C74H136O6. The van der Waals surface area contributed by atoms with E-state index in [9.17, 15) is 14.4 Å². The van der Waals surface area contributed by atoms with Crippen molar-refractivity contribution in [2.24, 2.45) is 0 Å². The molecule has 6 nitrogen and oxygen atoms in total. The number of carbonyl (C=O) groups is 3. The number of allylic oxidation sites excluding steroid dienone is 8. The summed E-state index contributed by atoms with van der Waals surface area (Å²) in [5.41, 5.74) is 0. The molecule has 468 valence electrons. The van der Waals surface area contributed by atoms with Crippen molar-refractivity contribution in [3.05, 3.63) is 48.6 Å². The van der Waals surface area contributed by atoms with Crippen molar-refractivity contribution in [2.45, 2.75) is 393 Å². The molecule has 0 aromatic carbocycles. The monoisotopic (exact) mass is 1120 g/mol. The number of hydrogen-bond donors (Lipinski definition) is 0. The SMILES string of the molecule is CCCCC/C=C\C/C=C\CCCCCCCCCC(=O)OC(COC(=O)CCCCCCCCCCCCCC)COC(=O)CCCCCCCCCCCCCCCCCCCCCCC/C=C\C/C=C\CCCCCCC. The van der Waals surface area contributed by atoms with Crippen LogP contribution in [-0.2, 0) is 28.6 Å². The van der Waals surface area contributed by atoms with E-state index in [1.807, 2.05) is 0 Å². The van der Waals surface area contributed by atoms with Gasteiger partial charge in [0.25, 0.3) is 0 Å². The van der Waals surface area contributed by atoms with E-state index in [1.54, 1.807) is 0 Å². The fourth-order valence-electron chi connectivity index (χ4n) is 10.7. The van der Waals surface area contributed by atoms with Gasteiger partial charge in [-0.05, 0) is 83.5 Å². The van der Waals surface area contributed by atoms with E-state index >= 15 is 0 Å². The standard InChI is InChI=1S/C74H136O6/c1-4-7-10-13-16-19-22-25-27-29-30-31-32-33-34-35-36-37-38-39-40-41-42-43-44-46-47-49-52-55-58-61-64-67-73(76)79-70-71(69-78-72(75)66-63-60-57-54-51-24-21-18-15-12-9-6-3)80-74(77)68-65-62-59-56-53-50-48-45-28-26-23-20-17-14-11-8-5-2/h17,20,22,25-26,28-30,71H,4-16,18-19,21,23-24,27,31-70H2,1-3H3/b20-17-,25-22-,28-26-,30-29-. The van der Waals surface area contributed by atoms with E-state index in [-0.39, 0.29) is 31.1 Å². The summed E-state index contributed by atoms with van der Waals surface area (Å²) in [6.45, 7) is 6.65. The molecule has 0 bridgehead atoms. The van der Waals surface area contributed by atoms with E-state index in [2.05, 4.69) is 69.4 Å². The molecule has 80 heavy (non-hydrogen) atoms. The predicted octanol–water partition coefficient (Wildman–Crippen LogP) is 24.5. The smallest absolute Gasteiger partial charge is 0.306 e. The highest BCUT2D eigenvalue weighted by Crippen LogP contribution is 2.18. The first-order valence-electron chi connectivity index (χ1n) is 35.6. The molecular weight excluding hydrogens is 985 g/mol. The molecule has 6 heteroatoms. The number of carbonyl (C=O) groups excluding carboxylic acids is 3. The lowest BCUT2D eigenvalue weighted by Gasteiger charge is -2.18. The summed E-state index contributed by atoms with van der Waals surface area (Å²) < 4.78 is 17.0. The van der Waals surface area contributed by atoms with Crippen molar-refractivity contribution in [3.8, 4) is 0 Å². The minimum absolute atomic E-state index is 0.0708. The topological polar surface area (TPSA) is 78.9 Å². The van der Waals surface area contributed by atoms with Crippen LogP contribution in [0.15, 0.2) is 48.6 Å². The molecule has 0 saturated carbocycles. The first-order chi connectivity index (χ1) is 39.5. The molecule has 0 radical (unpaired) electrons. The molecule has 0 aliphatic carbocycles. The van der Waals surface area contributed by atoms with Crippen LogP contribution < -0.4 is 0 Å². The quantitative estimate of drug-likeness (QED) is 0.0261. The van der Waals surface area contributed by atoms with E-state index < -0.39 is 6.10 Å². The van der Waals surface area contributed by atoms with Crippen LogP contribution in [0.4, 0.5) is 0 Å². The average molecular weight is 1120 g/mol. The Hall–Kier alpha value is -2.63. The largest absolute Gasteiger partial charge is 0.462 e. The first kappa shape index (κ1) is 77.4. The Morgan fingerprint density at radius 1 is 0.250 bits per heavy atom. The summed E-state index contributed by atoms with van der Waals surface area (Å²) in [7, 11) is 0. The maximum atomic E-state index is 12.9. The molecule has 0 aliphatic heterocycles. The highest BCUT2D eigenvalue weighted by atomic mass is 16.6. The van der Waals surface area contributed by atoms with Crippen molar-refractivity contribution in [3.63, 3.8) is 0 Å². The Bertz CT molecular complexity index is 1380. The van der Waals surface area contributed by atoms with Gasteiger partial charge in [-0.2, -0.15) is 0 Å². The van der Waals surface area contributed by atoms with Crippen LogP contribution in [0.2, 0.25) is 0 Å². The summed E-state index contributed by atoms with van der Waals surface area (Å²) in [6, 6.07) is 0. The Labute approximate surface area is 498 Å². The lowest BCUT2D eigenvalue weighted by molar-refractivity contribution is -0.167. The average Bonchev–Trinajstić information content (AvgIpc) is 3.46. The van der Waals surface area contributed by atoms with Gasteiger partial charge >= 0.3 is 17.9 Å². The maximum absolute atomic E-state index is 12.9. The maximum Gasteiger partial charge on any atom is 0.306 e. The Morgan fingerprint density at radius 3 is 0.713 bits per heavy atom. The van der Waals surface area contributed by atoms with Crippen LogP contribution in [0.1, 0.15) is 387 Å². The van der Waals surface area contributed by atoms with Crippen molar-refractivity contribution < 1.29 is 28.6 Å². The van der Waals surface area contributed by atoms with E-state index in [1.165, 1.54) is 270 Å². The number of unbranched alkanes of at least 4 members (excludes halogenated alkanes) is 47. The van der Waals surface area contributed by atoms with Gasteiger partial charge in [-0.15, -0.1) is 0 Å². The molecule has 0 fully saturated rings. The van der Waals surface area contributed by atoms with Crippen molar-refractivity contribution in [1.82, 2.24) is 0 Å². The van der Waals surface area contributed by atoms with Crippen LogP contribution in [0.25, 0.3) is 0 Å². The van der Waals surface area contributed by atoms with E-state index in [0.717, 1.165) is 77.0 Å². The molecule has 0 amide bonds. The number of esters is 3. The van der Waals surface area contributed by atoms with Crippen LogP contribution in [0.3, 0.4) is 0 Å². The second-order valence-corrected chi connectivity index (χ2v) is 24.1. The molecule has 0 rings (SSSR count). The number of ether oxygens (including phenoxy) is 3. The highest BCUT2D eigenvalue weighted by Gasteiger charge is 2.19. The molecule has 0 heterocycles. The lowest BCUT2D eigenvalue weighted by atomic mass is 10.0. The second-order valence-electron chi connectivity index (χ2n) is 24.1. The van der Waals surface area contributed by atoms with Gasteiger partial charge in [0, 0.05) is 19.3 Å². The second kappa shape index (κ2) is 68.9. The third kappa shape index (κ3) is 66.2. The first-order valence-corrected chi connectivity index (χ1v) is 35.6. The lowest BCUT2D eigenvalue weighted by Crippen LogP contribution is -2.30. The van der Waals surface area contributed by atoms with Crippen LogP contribution in [0, 0.1) is 0 Å². The van der Waals surface area contributed by atoms with E-state index in [0.29, 0.717) is 19.3 Å². The van der Waals surface area contributed by atoms with Crippen LogP contribution in [0.5, 0.6) is 0 Å². The number of rotatable bonds is 66. The third-order valence-electron chi connectivity index (χ3n) is 16.1. The Kier molecular flexibility index (Phi) is 66.6. The van der Waals surface area contributed by atoms with Gasteiger partial charge in [-0.3, -0.25) is 14.4 Å². The Morgan fingerprint density at radius 2 is 0.450 bits per heavy atom. The summed E-state index contributed by atoms with van der Waals surface area (Å²) in [5, 5.41) is 0. The third-order valence-corrected chi connectivity index (χ3v) is 16.1. The summed E-state index contributed by atoms with van der Waals surface area (Å²) in [5.74, 6) is -0.853. The summed E-state index contributed by atoms with van der Waals surface area (Å²) in [4.78, 5) is 38.3. The van der Waals surface area contributed by atoms with Gasteiger partial charge in [0.15, 0.2) is 6.10 Å². The molecule has 0 N–H and O–H groups in total. The molecule has 1 atom stereocenters. The van der Waals surface area contributed by atoms with Gasteiger partial charge in [0.2, 0.25) is 0 Å². The van der Waals surface area contributed by atoms with Crippen LogP contribution >= 0.6 is 0 Å². The minimum atomic E-state index is -0.774. The van der Waals surface area contributed by atoms with Crippen molar-refractivity contribution >= 4 is 17.9 Å². The molecule has 0 aromatic rings. The fraction of sp³-hybridized carbons (Fsp3) is 0.851. The van der Waals surface area contributed by atoms with Gasteiger partial charge in [-0.1, -0.05) is 333 Å². The molecule has 0 aromatic heterocycles. The predicted molar refractivity (Wildman–Crippen MR) is 349 cm³/mol. The minimum Gasteiger partial charge on any atom is -0.462 e. The summed E-state index contributed by atoms with van der Waals surface area (Å²) in [6.07, 6.45) is 87.2. The molecule has 1 unspecified atom stereocenters. The Balaban J connectivity index is 4.10. The highest BCUT2D eigenvalue weighted by molar-refractivity contribution is 5.71. The zero-order valence-corrected chi connectivity index (χ0v) is 53.9. The molecule has 0 saturated heterocycles. The number of hydrogen-bond acceptors (Lipinski definition) is 6. The van der Waals surface area contributed by atoms with Crippen molar-refractivity contribution in [2.75, 3.05) is 13.2 Å². The fourth-order valence-corrected chi connectivity index (χ4v) is 10.7. The molecule has 0 aliphatic rings. The van der Waals surface area contributed by atoms with Crippen LogP contribution in [-0.4, -0.2) is 37.2 Å². The zero-order chi connectivity index (χ0) is 57.8. The molecule has 0 spiro atoms. The van der Waals surface area contributed by atoms with Gasteiger partial charge in [0.1, 0.15) is 13.2 Å². The normalized spacial score (nSPS) is 12.3. The zero-order valence-electron chi connectivity index (χ0n) is 53.9. The van der Waals surface area contributed by atoms with Crippen molar-refractivity contribution in [1.29, 1.82) is 0 Å². The summed E-state index contributed by atoms with van der Waals surface area (Å²) >= 11 is 0. The van der Waals surface area contributed by atoms with Gasteiger partial charge in [0.05, 0.1) is 0 Å². The van der Waals surface area contributed by atoms with Gasteiger partial charge < -0.3 is 14.2 Å².